The number of fused-ring (bicyclic) bond motifs is 1. The summed E-state index contributed by atoms with van der Waals surface area (Å²) in [5.74, 6) is 0.631. The van der Waals surface area contributed by atoms with Crippen LogP contribution in [0.2, 0.25) is 10.0 Å². The Bertz CT molecular complexity index is 1470. The summed E-state index contributed by atoms with van der Waals surface area (Å²) < 4.78 is 7.57. The van der Waals surface area contributed by atoms with Gasteiger partial charge in [0.25, 0.3) is 0 Å². The molecule has 0 aromatic heterocycles. The first-order valence-corrected chi connectivity index (χ1v) is 13.9. The van der Waals surface area contributed by atoms with Crippen molar-refractivity contribution in [2.24, 2.45) is 0 Å². The second-order valence-electron chi connectivity index (χ2n) is 8.31. The number of aromatic hydroxyl groups is 1. The smallest absolute Gasteiger partial charge is 0.170 e. The van der Waals surface area contributed by atoms with E-state index in [9.17, 15) is 14.4 Å². The molecule has 1 N–H and O–H groups in total. The molecule has 0 saturated carbocycles. The minimum atomic E-state index is -0.238. The Morgan fingerprint density at radius 3 is 2.03 bits per heavy atom. The minimum absolute atomic E-state index is 0.0284. The molecular weight excluding hydrogens is 671 g/mol. The Kier molecular flexibility index (Phi) is 11.3. The van der Waals surface area contributed by atoms with Crippen LogP contribution >= 0.6 is 55.1 Å². The van der Waals surface area contributed by atoms with E-state index in [1.54, 1.807) is 42.5 Å². The van der Waals surface area contributed by atoms with Crippen LogP contribution in [0.4, 0.5) is 0 Å². The maximum atomic E-state index is 12.2. The maximum Gasteiger partial charge on any atom is 0.170 e. The van der Waals surface area contributed by atoms with E-state index in [2.05, 4.69) is 31.9 Å². The van der Waals surface area contributed by atoms with Gasteiger partial charge in [0.15, 0.2) is 11.6 Å². The summed E-state index contributed by atoms with van der Waals surface area (Å²) in [4.78, 5) is 33.1. The van der Waals surface area contributed by atoms with Crippen LogP contribution in [0, 0.1) is 0 Å². The van der Waals surface area contributed by atoms with E-state index in [-0.39, 0.29) is 23.4 Å². The lowest BCUT2D eigenvalue weighted by Crippen LogP contribution is -2.20. The molecule has 9 heteroatoms. The van der Waals surface area contributed by atoms with Gasteiger partial charge in [-0.1, -0.05) is 79.3 Å². The quantitative estimate of drug-likeness (QED) is 0.171. The number of rotatable bonds is 3. The van der Waals surface area contributed by atoms with E-state index in [1.807, 2.05) is 36.4 Å². The number of hydrogen-bond acceptors (Lipinski definition) is 5. The number of hydrogen-bond donors (Lipinski definition) is 1. The van der Waals surface area contributed by atoms with Crippen molar-refractivity contribution in [2.75, 3.05) is 0 Å². The Morgan fingerprint density at radius 2 is 1.46 bits per heavy atom. The fraction of sp³-hybridized carbons (Fsp3) is 0.100. The molecule has 0 fully saturated rings. The zero-order valence-electron chi connectivity index (χ0n) is 20.5. The van der Waals surface area contributed by atoms with Crippen LogP contribution < -0.4 is 4.74 Å². The topological polar surface area (TPSA) is 80.7 Å². The van der Waals surface area contributed by atoms with Crippen molar-refractivity contribution in [1.82, 2.24) is 0 Å². The monoisotopic (exact) mass is 690 g/mol. The van der Waals surface area contributed by atoms with Gasteiger partial charge < -0.3 is 9.84 Å². The lowest BCUT2D eigenvalue weighted by Gasteiger charge is -2.25. The van der Waals surface area contributed by atoms with Gasteiger partial charge in [-0.15, -0.1) is 0 Å². The Morgan fingerprint density at radius 1 is 0.897 bits per heavy atom. The third-order valence-electron chi connectivity index (χ3n) is 5.47. The van der Waals surface area contributed by atoms with Crippen molar-refractivity contribution in [3.8, 4) is 11.5 Å². The summed E-state index contributed by atoms with van der Waals surface area (Å²) in [6.45, 7) is 1.42. The molecule has 4 aromatic rings. The molecule has 39 heavy (non-hydrogen) atoms. The summed E-state index contributed by atoms with van der Waals surface area (Å²) in [5.41, 5.74) is 2.60. The number of aldehydes is 1. The standard InChI is InChI=1S/C15H10BrClO2.C8H7BrO2.C7H5ClO/c16-10-3-6-14-12(7-10)13(18)8-15(19-14)9-1-4-11(17)5-2-9;1-5(10)7-4-6(9)2-3-8(7)11;8-7-3-1-6(5-9)2-4-7/h1-7,15H,8H2;2-4,11H,1H3;1-5H. The van der Waals surface area contributed by atoms with Crippen LogP contribution in [0.15, 0.2) is 93.9 Å². The number of carbonyl (C=O) groups is 3. The van der Waals surface area contributed by atoms with Gasteiger partial charge in [0, 0.05) is 24.6 Å². The molecule has 0 saturated heterocycles. The number of ether oxygens (including phenoxy) is 1. The van der Waals surface area contributed by atoms with Crippen molar-refractivity contribution in [3.05, 3.63) is 126 Å². The summed E-state index contributed by atoms with van der Waals surface area (Å²) in [6, 6.07) is 24.4. The van der Waals surface area contributed by atoms with Gasteiger partial charge in [0.05, 0.1) is 17.5 Å². The van der Waals surface area contributed by atoms with Crippen molar-refractivity contribution < 1.29 is 24.2 Å². The fourth-order valence-electron chi connectivity index (χ4n) is 3.49. The molecular formula is C30H22Br2Cl2O5. The minimum Gasteiger partial charge on any atom is -0.507 e. The van der Waals surface area contributed by atoms with Crippen molar-refractivity contribution in [1.29, 1.82) is 0 Å². The highest BCUT2D eigenvalue weighted by atomic mass is 79.9. The fourth-order valence-corrected chi connectivity index (χ4v) is 4.47. The van der Waals surface area contributed by atoms with Crippen molar-refractivity contribution in [3.63, 3.8) is 0 Å². The largest absolute Gasteiger partial charge is 0.507 e. The zero-order valence-corrected chi connectivity index (χ0v) is 25.2. The molecule has 0 radical (unpaired) electrons. The summed E-state index contributed by atoms with van der Waals surface area (Å²) in [5, 5.41) is 10.5. The van der Waals surface area contributed by atoms with E-state index in [4.69, 9.17) is 33.0 Å². The predicted octanol–water partition coefficient (Wildman–Crippen LogP) is 9.32. The van der Waals surface area contributed by atoms with Crippen LogP contribution in [0.3, 0.4) is 0 Å². The van der Waals surface area contributed by atoms with Gasteiger partial charge in [-0.2, -0.15) is 0 Å². The highest BCUT2D eigenvalue weighted by molar-refractivity contribution is 9.10. The number of phenols is 1. The van der Waals surface area contributed by atoms with E-state index >= 15 is 0 Å². The highest BCUT2D eigenvalue weighted by Crippen LogP contribution is 2.36. The van der Waals surface area contributed by atoms with Gasteiger partial charge in [0.2, 0.25) is 0 Å². The summed E-state index contributed by atoms with van der Waals surface area (Å²) in [7, 11) is 0. The lowest BCUT2D eigenvalue weighted by molar-refractivity contribution is 0.0849. The van der Waals surface area contributed by atoms with Crippen LogP contribution in [-0.4, -0.2) is 23.0 Å². The third kappa shape index (κ3) is 9.04. The van der Waals surface area contributed by atoms with Gasteiger partial charge in [-0.05, 0) is 73.2 Å². The summed E-state index contributed by atoms with van der Waals surface area (Å²) >= 11 is 18.0. The first-order valence-electron chi connectivity index (χ1n) is 11.5. The molecule has 0 spiro atoms. The average molecular weight is 693 g/mol. The number of halogens is 4. The van der Waals surface area contributed by atoms with Gasteiger partial charge in [-0.25, -0.2) is 0 Å². The highest BCUT2D eigenvalue weighted by Gasteiger charge is 2.27. The number of phenolic OH excluding ortho intramolecular Hbond substituents is 1. The van der Waals surface area contributed by atoms with Crippen LogP contribution in [0.25, 0.3) is 0 Å². The molecule has 0 aliphatic carbocycles. The molecule has 1 unspecified atom stereocenters. The molecule has 5 rings (SSSR count). The van der Waals surface area contributed by atoms with E-state index in [0.29, 0.717) is 38.9 Å². The molecule has 0 amide bonds. The SMILES string of the molecule is CC(=O)c1cc(Br)ccc1O.O=C1CC(c2ccc(Cl)cc2)Oc2ccc(Br)cc21.O=Cc1ccc(Cl)cc1. The Labute approximate surface area is 253 Å². The summed E-state index contributed by atoms with van der Waals surface area (Å²) in [6.07, 6.45) is 0.903. The molecule has 5 nitrogen and oxygen atoms in total. The van der Waals surface area contributed by atoms with E-state index < -0.39 is 0 Å². The number of benzene rings is 4. The molecule has 0 bridgehead atoms. The Hall–Kier alpha value is -2.97. The van der Waals surface area contributed by atoms with Crippen LogP contribution in [0.1, 0.15) is 56.1 Å². The van der Waals surface area contributed by atoms with E-state index in [0.717, 1.165) is 20.8 Å². The van der Waals surface area contributed by atoms with Crippen LogP contribution in [-0.2, 0) is 0 Å². The second-order valence-corrected chi connectivity index (χ2v) is 11.0. The average Bonchev–Trinajstić information content (AvgIpc) is 2.92. The maximum absolute atomic E-state index is 12.2. The molecule has 200 valence electrons. The van der Waals surface area contributed by atoms with Gasteiger partial charge in [0.1, 0.15) is 23.9 Å². The first kappa shape index (κ1) is 30.6. The molecule has 1 atom stereocenters. The molecule has 1 heterocycles. The molecule has 1 aliphatic heterocycles. The third-order valence-corrected chi connectivity index (χ3v) is 6.96. The molecule has 4 aromatic carbocycles. The number of ketones is 2. The first-order chi connectivity index (χ1) is 18.6. The predicted molar refractivity (Wildman–Crippen MR) is 161 cm³/mol. The van der Waals surface area contributed by atoms with Crippen LogP contribution in [0.5, 0.6) is 11.5 Å². The Balaban J connectivity index is 0.000000179. The lowest BCUT2D eigenvalue weighted by atomic mass is 9.96. The van der Waals surface area contributed by atoms with Crippen molar-refractivity contribution >= 4 is 72.9 Å². The van der Waals surface area contributed by atoms with Crippen molar-refractivity contribution in [2.45, 2.75) is 19.4 Å². The van der Waals surface area contributed by atoms with Gasteiger partial charge >= 0.3 is 0 Å². The number of carbonyl (C=O) groups excluding carboxylic acids is 3. The normalized spacial score (nSPS) is 13.5. The van der Waals surface area contributed by atoms with Gasteiger partial charge in [-0.3, -0.25) is 14.4 Å². The second kappa shape index (κ2) is 14.4. The number of Topliss-reactive ketones (excluding diaryl/α,β-unsaturated/α-hetero) is 2. The molecule has 1 aliphatic rings. The zero-order chi connectivity index (χ0) is 28.5. The van der Waals surface area contributed by atoms with E-state index in [1.165, 1.54) is 13.0 Å².